The Balaban J connectivity index is 1.65. The summed E-state index contributed by atoms with van der Waals surface area (Å²) >= 11 is 1.72. The van der Waals surface area contributed by atoms with Gasteiger partial charge in [-0.2, -0.15) is 0 Å². The normalized spacial score (nSPS) is 17.9. The quantitative estimate of drug-likeness (QED) is 0.754. The number of hydrogen-bond donors (Lipinski definition) is 2. The first-order valence-electron chi connectivity index (χ1n) is 9.50. The monoisotopic (exact) mass is 359 g/mol. The molecule has 4 nitrogen and oxygen atoms in total. The number of hydrogen-bond acceptors (Lipinski definition) is 4. The highest BCUT2D eigenvalue weighted by molar-refractivity contribution is 7.18. The van der Waals surface area contributed by atoms with E-state index in [2.05, 4.69) is 30.5 Å². The Kier molecular flexibility index (Phi) is 6.07. The standard InChI is InChI=1S/C20H29N3OS/c1-3-20(4-2,19(24)22-12-10-15-9-11-21-14-15)13-18-23-16-7-5-6-8-17(16)25-18/h5-8,15,21H,3-4,9-14H2,1-2H3,(H,22,24). The van der Waals surface area contributed by atoms with Gasteiger partial charge in [0.25, 0.3) is 0 Å². The minimum absolute atomic E-state index is 0.197. The molecule has 0 aliphatic carbocycles. The zero-order valence-corrected chi connectivity index (χ0v) is 16.1. The van der Waals surface area contributed by atoms with Crippen LogP contribution in [0.2, 0.25) is 0 Å². The third-order valence-electron chi connectivity index (χ3n) is 5.66. The molecule has 1 fully saturated rings. The average molecular weight is 360 g/mol. The molecule has 1 amide bonds. The molecule has 136 valence electrons. The number of aromatic nitrogens is 1. The Hall–Kier alpha value is -1.46. The highest BCUT2D eigenvalue weighted by atomic mass is 32.1. The Bertz CT molecular complexity index is 669. The van der Waals surface area contributed by atoms with Crippen molar-refractivity contribution >= 4 is 27.5 Å². The summed E-state index contributed by atoms with van der Waals surface area (Å²) < 4.78 is 1.20. The molecule has 1 atom stereocenters. The van der Waals surface area contributed by atoms with Crippen LogP contribution in [0.25, 0.3) is 10.2 Å². The van der Waals surface area contributed by atoms with Gasteiger partial charge < -0.3 is 10.6 Å². The first-order chi connectivity index (χ1) is 12.2. The van der Waals surface area contributed by atoms with Crippen LogP contribution < -0.4 is 10.6 Å². The van der Waals surface area contributed by atoms with Crippen LogP contribution in [-0.2, 0) is 11.2 Å². The van der Waals surface area contributed by atoms with Crippen LogP contribution in [0.5, 0.6) is 0 Å². The van der Waals surface area contributed by atoms with Gasteiger partial charge in [-0.3, -0.25) is 4.79 Å². The summed E-state index contributed by atoms with van der Waals surface area (Å²) in [6.07, 6.45) is 4.72. The molecule has 1 aliphatic heterocycles. The Morgan fingerprint density at radius 3 is 2.84 bits per heavy atom. The van der Waals surface area contributed by atoms with Gasteiger partial charge in [0.1, 0.15) is 0 Å². The first-order valence-corrected chi connectivity index (χ1v) is 10.3. The first kappa shape index (κ1) is 18.3. The zero-order valence-electron chi connectivity index (χ0n) is 15.3. The van der Waals surface area contributed by atoms with E-state index in [1.807, 2.05) is 18.2 Å². The summed E-state index contributed by atoms with van der Waals surface area (Å²) in [5.74, 6) is 0.907. The van der Waals surface area contributed by atoms with Gasteiger partial charge in [-0.25, -0.2) is 4.98 Å². The van der Waals surface area contributed by atoms with E-state index in [0.29, 0.717) is 5.92 Å². The number of nitrogens with zero attached hydrogens (tertiary/aromatic N) is 1. The molecule has 2 N–H and O–H groups in total. The van der Waals surface area contributed by atoms with Crippen LogP contribution in [0.15, 0.2) is 24.3 Å². The largest absolute Gasteiger partial charge is 0.356 e. The minimum Gasteiger partial charge on any atom is -0.356 e. The highest BCUT2D eigenvalue weighted by Gasteiger charge is 2.36. The van der Waals surface area contributed by atoms with Crippen molar-refractivity contribution < 1.29 is 4.79 Å². The second kappa shape index (κ2) is 8.28. The van der Waals surface area contributed by atoms with E-state index in [-0.39, 0.29) is 11.3 Å². The van der Waals surface area contributed by atoms with Gasteiger partial charge in [-0.05, 0) is 56.8 Å². The number of amides is 1. The molecule has 0 bridgehead atoms. The predicted octanol–water partition coefficient (Wildman–Crippen LogP) is 3.76. The fraction of sp³-hybridized carbons (Fsp3) is 0.600. The molecule has 1 aromatic carbocycles. The number of rotatable bonds is 8. The van der Waals surface area contributed by atoms with Crippen LogP contribution in [0.3, 0.4) is 0 Å². The lowest BCUT2D eigenvalue weighted by Gasteiger charge is -2.29. The molecule has 0 radical (unpaired) electrons. The molecule has 0 spiro atoms. The van der Waals surface area contributed by atoms with Crippen molar-refractivity contribution in [2.75, 3.05) is 19.6 Å². The molecule has 2 heterocycles. The Morgan fingerprint density at radius 1 is 1.36 bits per heavy atom. The van der Waals surface area contributed by atoms with Crippen LogP contribution >= 0.6 is 11.3 Å². The predicted molar refractivity (Wildman–Crippen MR) is 105 cm³/mol. The summed E-state index contributed by atoms with van der Waals surface area (Å²) in [6, 6.07) is 8.21. The van der Waals surface area contributed by atoms with Crippen LogP contribution in [0.1, 0.15) is 44.5 Å². The van der Waals surface area contributed by atoms with Crippen LogP contribution in [-0.4, -0.2) is 30.5 Å². The number of benzene rings is 1. The van der Waals surface area contributed by atoms with Crippen molar-refractivity contribution in [2.24, 2.45) is 11.3 Å². The molecular weight excluding hydrogens is 330 g/mol. The fourth-order valence-corrected chi connectivity index (χ4v) is 4.84. The van der Waals surface area contributed by atoms with Crippen LogP contribution in [0.4, 0.5) is 0 Å². The minimum atomic E-state index is -0.345. The third-order valence-corrected chi connectivity index (χ3v) is 6.70. The molecule has 3 rings (SSSR count). The smallest absolute Gasteiger partial charge is 0.226 e. The molecule has 1 saturated heterocycles. The fourth-order valence-electron chi connectivity index (χ4n) is 3.72. The van der Waals surface area contributed by atoms with E-state index in [1.165, 1.54) is 11.1 Å². The summed E-state index contributed by atoms with van der Waals surface area (Å²) in [7, 11) is 0. The summed E-state index contributed by atoms with van der Waals surface area (Å²) in [5, 5.41) is 7.67. The molecule has 2 aromatic rings. The molecule has 1 unspecified atom stereocenters. The van der Waals surface area contributed by atoms with Gasteiger partial charge in [-0.1, -0.05) is 26.0 Å². The van der Waals surface area contributed by atoms with Crippen molar-refractivity contribution in [3.8, 4) is 0 Å². The number of carbonyl (C=O) groups is 1. The van der Waals surface area contributed by atoms with Gasteiger partial charge in [0.2, 0.25) is 5.91 Å². The van der Waals surface area contributed by atoms with Gasteiger partial charge >= 0.3 is 0 Å². The number of carbonyl (C=O) groups excluding carboxylic acids is 1. The lowest BCUT2D eigenvalue weighted by Crippen LogP contribution is -2.42. The van der Waals surface area contributed by atoms with Crippen molar-refractivity contribution in [3.05, 3.63) is 29.3 Å². The summed E-state index contributed by atoms with van der Waals surface area (Å²) in [5.41, 5.74) is 0.694. The third kappa shape index (κ3) is 4.21. The number of nitrogens with one attached hydrogen (secondary N) is 2. The molecule has 25 heavy (non-hydrogen) atoms. The molecule has 1 aromatic heterocycles. The van der Waals surface area contributed by atoms with E-state index >= 15 is 0 Å². The maximum Gasteiger partial charge on any atom is 0.226 e. The van der Waals surface area contributed by atoms with E-state index in [4.69, 9.17) is 4.98 Å². The lowest BCUT2D eigenvalue weighted by atomic mass is 9.78. The SMILES string of the molecule is CCC(CC)(Cc1nc2ccccc2s1)C(=O)NCCC1CCNC1. The maximum absolute atomic E-state index is 13.0. The van der Waals surface area contributed by atoms with Crippen molar-refractivity contribution in [1.82, 2.24) is 15.6 Å². The van der Waals surface area contributed by atoms with Crippen LogP contribution in [0, 0.1) is 11.3 Å². The van der Waals surface area contributed by atoms with E-state index in [9.17, 15) is 4.79 Å². The Morgan fingerprint density at radius 2 is 2.16 bits per heavy atom. The van der Waals surface area contributed by atoms with E-state index < -0.39 is 0 Å². The van der Waals surface area contributed by atoms with E-state index in [1.54, 1.807) is 11.3 Å². The number of fused-ring (bicyclic) bond motifs is 1. The lowest BCUT2D eigenvalue weighted by molar-refractivity contribution is -0.131. The highest BCUT2D eigenvalue weighted by Crippen LogP contribution is 2.34. The Labute approximate surface area is 154 Å². The summed E-state index contributed by atoms with van der Waals surface area (Å²) in [6.45, 7) is 7.24. The van der Waals surface area contributed by atoms with Gasteiger partial charge in [0, 0.05) is 13.0 Å². The number of thiazole rings is 1. The van der Waals surface area contributed by atoms with Crippen molar-refractivity contribution in [2.45, 2.75) is 46.0 Å². The average Bonchev–Trinajstić information content (AvgIpc) is 3.28. The number of para-hydroxylation sites is 1. The molecular formula is C20H29N3OS. The summed E-state index contributed by atoms with van der Waals surface area (Å²) in [4.78, 5) is 17.7. The van der Waals surface area contributed by atoms with Crippen molar-refractivity contribution in [1.29, 1.82) is 0 Å². The van der Waals surface area contributed by atoms with Crippen molar-refractivity contribution in [3.63, 3.8) is 0 Å². The van der Waals surface area contributed by atoms with Gasteiger partial charge in [-0.15, -0.1) is 11.3 Å². The maximum atomic E-state index is 13.0. The second-order valence-corrected chi connectivity index (χ2v) is 8.26. The molecule has 1 aliphatic rings. The molecule has 5 heteroatoms. The van der Waals surface area contributed by atoms with E-state index in [0.717, 1.165) is 55.8 Å². The second-order valence-electron chi connectivity index (χ2n) is 7.14. The topological polar surface area (TPSA) is 54.0 Å². The zero-order chi connectivity index (χ0) is 17.7. The molecule has 0 saturated carbocycles. The van der Waals surface area contributed by atoms with Gasteiger partial charge in [0.05, 0.1) is 20.6 Å². The van der Waals surface area contributed by atoms with Gasteiger partial charge in [0.15, 0.2) is 0 Å².